The number of hydrogen-bond donors (Lipinski definition) is 2. The molecule has 0 saturated heterocycles. The average molecular weight is 432 g/mol. The Kier molecular flexibility index (Phi) is 9.25. The summed E-state index contributed by atoms with van der Waals surface area (Å²) < 4.78 is 3.93. The van der Waals surface area contributed by atoms with Crippen LogP contribution in [0.5, 0.6) is 0 Å². The molecule has 23 heavy (non-hydrogen) atoms. The number of rotatable bonds is 8. The highest BCUT2D eigenvalue weighted by atomic mass is 127. The third-order valence-electron chi connectivity index (χ3n) is 3.16. The van der Waals surface area contributed by atoms with Gasteiger partial charge in [-0.15, -0.1) is 34.2 Å². The summed E-state index contributed by atoms with van der Waals surface area (Å²) in [6, 6.07) is 1.91. The smallest absolute Gasteiger partial charge is 0.191 e. The summed E-state index contributed by atoms with van der Waals surface area (Å²) >= 11 is 0. The van der Waals surface area contributed by atoms with Crippen molar-refractivity contribution in [3.8, 4) is 0 Å². The van der Waals surface area contributed by atoms with Gasteiger partial charge in [0.25, 0.3) is 0 Å². The van der Waals surface area contributed by atoms with E-state index in [4.69, 9.17) is 0 Å². The van der Waals surface area contributed by atoms with Crippen molar-refractivity contribution in [2.75, 3.05) is 19.6 Å². The summed E-state index contributed by atoms with van der Waals surface area (Å²) in [5.74, 6) is 1.82. The van der Waals surface area contributed by atoms with Gasteiger partial charge in [0.15, 0.2) is 5.96 Å². The molecule has 0 fully saturated rings. The molecular formula is C14H25IN8. The minimum absolute atomic E-state index is 0. The quantitative estimate of drug-likeness (QED) is 0.368. The van der Waals surface area contributed by atoms with E-state index in [1.807, 2.05) is 16.9 Å². The second-order valence-electron chi connectivity index (χ2n) is 4.75. The zero-order valence-electron chi connectivity index (χ0n) is 13.6. The minimum Gasteiger partial charge on any atom is -0.357 e. The number of halogens is 1. The molecule has 128 valence electrons. The molecule has 8 nitrogen and oxygen atoms in total. The van der Waals surface area contributed by atoms with Crippen molar-refractivity contribution >= 4 is 29.9 Å². The fourth-order valence-electron chi connectivity index (χ4n) is 2.07. The molecule has 0 radical (unpaired) electrons. The lowest BCUT2D eigenvalue weighted by molar-refractivity contribution is 0.614. The van der Waals surface area contributed by atoms with Gasteiger partial charge in [-0.05, 0) is 13.0 Å². The summed E-state index contributed by atoms with van der Waals surface area (Å²) in [5.41, 5.74) is 0. The number of aliphatic imine (C=N–C) groups is 1. The molecule has 0 aliphatic carbocycles. The second-order valence-corrected chi connectivity index (χ2v) is 4.75. The number of hydrogen-bond acceptors (Lipinski definition) is 4. The first-order chi connectivity index (χ1) is 10.8. The van der Waals surface area contributed by atoms with Gasteiger partial charge in [-0.2, -0.15) is 5.10 Å². The Hall–Kier alpha value is -1.65. The molecule has 0 spiro atoms. The Morgan fingerprint density at radius 3 is 2.83 bits per heavy atom. The zero-order chi connectivity index (χ0) is 15.6. The van der Waals surface area contributed by atoms with E-state index in [9.17, 15) is 0 Å². The molecule has 0 amide bonds. The Bertz CT molecular complexity index is 563. The maximum atomic E-state index is 4.54. The van der Waals surface area contributed by atoms with Crippen LogP contribution in [0.3, 0.4) is 0 Å². The van der Waals surface area contributed by atoms with Crippen LogP contribution < -0.4 is 10.6 Å². The van der Waals surface area contributed by atoms with Crippen molar-refractivity contribution in [2.45, 2.75) is 33.4 Å². The lowest BCUT2D eigenvalue weighted by atomic mass is 10.4. The molecule has 2 heterocycles. The fourth-order valence-corrected chi connectivity index (χ4v) is 2.07. The molecule has 9 heteroatoms. The van der Waals surface area contributed by atoms with E-state index in [1.165, 1.54) is 0 Å². The van der Waals surface area contributed by atoms with Gasteiger partial charge >= 0.3 is 0 Å². The number of nitrogens with zero attached hydrogens (tertiary/aromatic N) is 6. The van der Waals surface area contributed by atoms with Gasteiger partial charge in [-0.1, -0.05) is 6.92 Å². The summed E-state index contributed by atoms with van der Waals surface area (Å²) in [5, 5.41) is 18.7. The van der Waals surface area contributed by atoms with Gasteiger partial charge in [0.1, 0.15) is 12.2 Å². The molecule has 0 aromatic carbocycles. The summed E-state index contributed by atoms with van der Waals surface area (Å²) in [6.07, 6.45) is 6.37. The first-order valence-electron chi connectivity index (χ1n) is 7.69. The molecule has 2 rings (SSSR count). The van der Waals surface area contributed by atoms with Gasteiger partial charge in [-0.25, -0.2) is 0 Å². The molecule has 0 unspecified atom stereocenters. The highest BCUT2D eigenvalue weighted by molar-refractivity contribution is 14.0. The monoisotopic (exact) mass is 432 g/mol. The Balaban J connectivity index is 0.00000264. The van der Waals surface area contributed by atoms with Gasteiger partial charge in [0, 0.05) is 38.4 Å². The van der Waals surface area contributed by atoms with E-state index in [0.717, 1.165) is 44.4 Å². The summed E-state index contributed by atoms with van der Waals surface area (Å²) in [6.45, 7) is 8.02. The molecule has 2 aromatic heterocycles. The van der Waals surface area contributed by atoms with E-state index in [-0.39, 0.29) is 24.0 Å². The molecule has 0 saturated carbocycles. The normalized spacial score (nSPS) is 11.1. The van der Waals surface area contributed by atoms with Crippen LogP contribution in [-0.2, 0) is 19.5 Å². The van der Waals surface area contributed by atoms with Crippen LogP contribution in [-0.4, -0.2) is 50.1 Å². The van der Waals surface area contributed by atoms with Crippen molar-refractivity contribution in [2.24, 2.45) is 4.99 Å². The Morgan fingerprint density at radius 2 is 2.13 bits per heavy atom. The van der Waals surface area contributed by atoms with Crippen LogP contribution in [0.4, 0.5) is 0 Å². The standard InChI is InChI=1S/C14H24N8.HI/c1-3-13-20-18-12-21(13)10-7-16-14(15-4-2)17-8-11-22-9-5-6-19-22;/h5-6,9,12H,3-4,7-8,10-11H2,1-2H3,(H2,15,16,17);1H. The van der Waals surface area contributed by atoms with Gasteiger partial charge in [0.05, 0.1) is 13.1 Å². The zero-order valence-corrected chi connectivity index (χ0v) is 16.0. The van der Waals surface area contributed by atoms with Crippen LogP contribution in [0.1, 0.15) is 19.7 Å². The van der Waals surface area contributed by atoms with Crippen LogP contribution in [0.25, 0.3) is 0 Å². The highest BCUT2D eigenvalue weighted by Gasteiger charge is 2.02. The molecule has 2 aromatic rings. The number of aryl methyl sites for hydroxylation is 1. The molecule has 0 bridgehead atoms. The molecular weight excluding hydrogens is 407 g/mol. The molecule has 0 atom stereocenters. The SMILES string of the molecule is CCNC(=NCCn1cccn1)NCCn1cnnc1CC.I. The first-order valence-corrected chi connectivity index (χ1v) is 7.69. The molecule has 2 N–H and O–H groups in total. The van der Waals surface area contributed by atoms with E-state index >= 15 is 0 Å². The average Bonchev–Trinajstić information content (AvgIpc) is 3.18. The fraction of sp³-hybridized carbons (Fsp3) is 0.571. The molecule has 0 aliphatic heterocycles. The lowest BCUT2D eigenvalue weighted by Crippen LogP contribution is -2.39. The number of guanidine groups is 1. The topological polar surface area (TPSA) is 85.0 Å². The molecule has 0 aliphatic rings. The Morgan fingerprint density at radius 1 is 1.26 bits per heavy atom. The van der Waals surface area contributed by atoms with Crippen molar-refractivity contribution in [1.29, 1.82) is 0 Å². The number of nitrogens with one attached hydrogen (secondary N) is 2. The first kappa shape index (κ1) is 19.4. The maximum Gasteiger partial charge on any atom is 0.191 e. The van der Waals surface area contributed by atoms with Gasteiger partial charge in [-0.3, -0.25) is 9.67 Å². The van der Waals surface area contributed by atoms with Crippen LogP contribution in [0.15, 0.2) is 29.8 Å². The lowest BCUT2D eigenvalue weighted by Gasteiger charge is -2.12. The summed E-state index contributed by atoms with van der Waals surface area (Å²) in [4.78, 5) is 4.54. The second kappa shape index (κ2) is 11.0. The van der Waals surface area contributed by atoms with Gasteiger partial charge in [0.2, 0.25) is 0 Å². The van der Waals surface area contributed by atoms with Crippen molar-refractivity contribution in [3.63, 3.8) is 0 Å². The summed E-state index contributed by atoms with van der Waals surface area (Å²) in [7, 11) is 0. The van der Waals surface area contributed by atoms with E-state index in [0.29, 0.717) is 6.54 Å². The van der Waals surface area contributed by atoms with Crippen molar-refractivity contribution < 1.29 is 0 Å². The van der Waals surface area contributed by atoms with Crippen LogP contribution in [0.2, 0.25) is 0 Å². The van der Waals surface area contributed by atoms with E-state index in [1.54, 1.807) is 12.5 Å². The van der Waals surface area contributed by atoms with E-state index in [2.05, 4.69) is 49.3 Å². The number of aromatic nitrogens is 5. The maximum absolute atomic E-state index is 4.54. The van der Waals surface area contributed by atoms with Gasteiger partial charge < -0.3 is 15.2 Å². The largest absolute Gasteiger partial charge is 0.357 e. The van der Waals surface area contributed by atoms with Crippen molar-refractivity contribution in [3.05, 3.63) is 30.6 Å². The minimum atomic E-state index is 0. The third kappa shape index (κ3) is 6.55. The Labute approximate surface area is 153 Å². The van der Waals surface area contributed by atoms with E-state index < -0.39 is 0 Å². The van der Waals surface area contributed by atoms with Crippen LogP contribution in [0, 0.1) is 0 Å². The van der Waals surface area contributed by atoms with Crippen molar-refractivity contribution in [1.82, 2.24) is 35.2 Å². The predicted octanol–water partition coefficient (Wildman–Crippen LogP) is 0.910. The highest BCUT2D eigenvalue weighted by Crippen LogP contribution is 1.94. The van der Waals surface area contributed by atoms with Crippen LogP contribution >= 0.6 is 24.0 Å². The predicted molar refractivity (Wildman–Crippen MR) is 101 cm³/mol. The third-order valence-corrected chi connectivity index (χ3v) is 3.16.